The molecule has 6 nitrogen and oxygen atoms in total. The minimum Gasteiger partial charge on any atom is -0.507 e. The van der Waals surface area contributed by atoms with E-state index in [4.69, 9.17) is 16.0 Å². The first-order chi connectivity index (χ1) is 13.9. The highest BCUT2D eigenvalue weighted by atomic mass is 35.5. The number of aliphatic hydroxyl groups excluding tert-OH is 1. The first kappa shape index (κ1) is 22.4. The molecule has 4 rings (SSSR count). The maximum Gasteiger partial charge on any atom is 0.197 e. The van der Waals surface area contributed by atoms with Gasteiger partial charge in [0.25, 0.3) is 0 Å². The lowest BCUT2D eigenvalue weighted by molar-refractivity contribution is 0.202. The van der Waals surface area contributed by atoms with Gasteiger partial charge in [0.1, 0.15) is 28.2 Å². The molecular weight excluding hydrogens is 429 g/mol. The van der Waals surface area contributed by atoms with E-state index in [0.29, 0.717) is 29.1 Å². The number of rotatable bonds is 4. The van der Waals surface area contributed by atoms with Gasteiger partial charge < -0.3 is 25.1 Å². The fourth-order valence-corrected chi connectivity index (χ4v) is 4.47. The number of aliphatic hydroxyl groups is 1. The Morgan fingerprint density at radius 1 is 1.23 bits per heavy atom. The number of fused-ring (bicyclic) bond motifs is 1. The molecule has 0 radical (unpaired) electrons. The topological polar surface area (TPSA) is 103 Å². The second kappa shape index (κ2) is 8.86. The van der Waals surface area contributed by atoms with E-state index in [9.17, 15) is 20.1 Å². The van der Waals surface area contributed by atoms with Crippen molar-refractivity contribution < 1.29 is 19.7 Å². The Morgan fingerprint density at radius 2 is 1.97 bits per heavy atom. The lowest BCUT2D eigenvalue weighted by Gasteiger charge is -2.26. The van der Waals surface area contributed by atoms with E-state index in [1.54, 1.807) is 24.3 Å². The van der Waals surface area contributed by atoms with E-state index >= 15 is 0 Å². The van der Waals surface area contributed by atoms with E-state index in [-0.39, 0.29) is 65.1 Å². The van der Waals surface area contributed by atoms with Crippen molar-refractivity contribution in [3.05, 3.63) is 57.2 Å². The van der Waals surface area contributed by atoms with Gasteiger partial charge in [0.05, 0.1) is 5.02 Å². The number of phenolic OH excluding ortho intramolecular Hbond substituents is 2. The second-order valence-electron chi connectivity index (χ2n) is 7.52. The highest BCUT2D eigenvalue weighted by molar-refractivity contribution is 6.33. The van der Waals surface area contributed by atoms with Crippen molar-refractivity contribution in [2.24, 2.45) is 5.92 Å². The summed E-state index contributed by atoms with van der Waals surface area (Å²) in [5.74, 6) is -0.470. The summed E-state index contributed by atoms with van der Waals surface area (Å²) in [7, 11) is 0. The van der Waals surface area contributed by atoms with Gasteiger partial charge in [0.15, 0.2) is 5.43 Å². The van der Waals surface area contributed by atoms with Gasteiger partial charge in [0, 0.05) is 41.8 Å². The molecule has 2 heterocycles. The molecule has 4 N–H and O–H groups in total. The van der Waals surface area contributed by atoms with E-state index in [1.807, 2.05) is 6.92 Å². The smallest absolute Gasteiger partial charge is 0.197 e. The lowest BCUT2D eigenvalue weighted by atomic mass is 9.84. The molecule has 1 aliphatic heterocycles. The highest BCUT2D eigenvalue weighted by Gasteiger charge is 2.36. The third kappa shape index (κ3) is 3.76. The molecule has 30 heavy (non-hydrogen) atoms. The molecule has 1 fully saturated rings. The zero-order valence-electron chi connectivity index (χ0n) is 16.3. The predicted molar refractivity (Wildman–Crippen MR) is 119 cm³/mol. The molecule has 8 heteroatoms. The summed E-state index contributed by atoms with van der Waals surface area (Å²) in [6.07, 6.45) is 0.697. The Hall–Kier alpha value is -2.25. The van der Waals surface area contributed by atoms with Crippen molar-refractivity contribution in [2.45, 2.75) is 25.3 Å². The molecule has 160 valence electrons. The second-order valence-corrected chi connectivity index (χ2v) is 7.93. The highest BCUT2D eigenvalue weighted by Crippen LogP contribution is 2.44. The monoisotopic (exact) mass is 451 g/mol. The van der Waals surface area contributed by atoms with Crippen LogP contribution in [0.1, 0.15) is 24.8 Å². The molecular formula is C22H23Cl2NO5. The molecule has 0 spiro atoms. The van der Waals surface area contributed by atoms with Crippen molar-refractivity contribution in [1.82, 2.24) is 5.32 Å². The third-order valence-corrected chi connectivity index (χ3v) is 6.01. The van der Waals surface area contributed by atoms with Crippen molar-refractivity contribution >= 4 is 35.0 Å². The quantitative estimate of drug-likeness (QED) is 0.477. The van der Waals surface area contributed by atoms with E-state index < -0.39 is 5.43 Å². The Bertz CT molecular complexity index is 1130. The summed E-state index contributed by atoms with van der Waals surface area (Å²) in [5.41, 5.74) is 0.734. The number of hydrogen-bond acceptors (Lipinski definition) is 6. The van der Waals surface area contributed by atoms with E-state index in [1.165, 1.54) is 12.1 Å². The van der Waals surface area contributed by atoms with E-state index in [0.717, 1.165) is 0 Å². The number of nitrogens with one attached hydrogen (secondary N) is 1. The van der Waals surface area contributed by atoms with Crippen LogP contribution < -0.4 is 10.7 Å². The van der Waals surface area contributed by atoms with Gasteiger partial charge in [-0.2, -0.15) is 0 Å². The number of aromatic hydroxyl groups is 2. The summed E-state index contributed by atoms with van der Waals surface area (Å²) in [6.45, 7) is 2.61. The molecule has 3 atom stereocenters. The van der Waals surface area contributed by atoms with Crippen LogP contribution in [0.15, 0.2) is 45.6 Å². The van der Waals surface area contributed by atoms with Gasteiger partial charge in [-0.15, -0.1) is 12.4 Å². The van der Waals surface area contributed by atoms with Crippen LogP contribution in [0.4, 0.5) is 0 Å². The van der Waals surface area contributed by atoms with Crippen LogP contribution in [-0.4, -0.2) is 34.5 Å². The van der Waals surface area contributed by atoms with Crippen molar-refractivity contribution in [1.29, 1.82) is 0 Å². The summed E-state index contributed by atoms with van der Waals surface area (Å²) in [4.78, 5) is 12.9. The van der Waals surface area contributed by atoms with Gasteiger partial charge in [-0.1, -0.05) is 30.7 Å². The van der Waals surface area contributed by atoms with Crippen LogP contribution in [-0.2, 0) is 0 Å². The number of benzene rings is 2. The molecule has 1 aliphatic rings. The molecule has 3 aromatic rings. The average molecular weight is 452 g/mol. The van der Waals surface area contributed by atoms with Crippen LogP contribution in [0.5, 0.6) is 11.5 Å². The van der Waals surface area contributed by atoms with Gasteiger partial charge in [0.2, 0.25) is 0 Å². The van der Waals surface area contributed by atoms with Crippen LogP contribution in [0.3, 0.4) is 0 Å². The van der Waals surface area contributed by atoms with Crippen LogP contribution in [0.2, 0.25) is 5.02 Å². The lowest BCUT2D eigenvalue weighted by Crippen LogP contribution is -2.34. The van der Waals surface area contributed by atoms with Crippen molar-refractivity contribution in [2.75, 3.05) is 13.2 Å². The van der Waals surface area contributed by atoms with Crippen LogP contribution in [0.25, 0.3) is 22.3 Å². The molecule has 0 amide bonds. The Balaban J connectivity index is 0.00000256. The van der Waals surface area contributed by atoms with Gasteiger partial charge in [-0.25, -0.2) is 0 Å². The minimum atomic E-state index is -0.419. The van der Waals surface area contributed by atoms with Crippen LogP contribution >= 0.6 is 24.0 Å². The van der Waals surface area contributed by atoms with E-state index in [2.05, 4.69) is 5.32 Å². The number of phenols is 2. The first-order valence-corrected chi connectivity index (χ1v) is 9.92. The molecule has 1 saturated heterocycles. The molecule has 3 unspecified atom stereocenters. The van der Waals surface area contributed by atoms with Gasteiger partial charge >= 0.3 is 0 Å². The Morgan fingerprint density at radius 3 is 2.67 bits per heavy atom. The predicted octanol–water partition coefficient (Wildman–Crippen LogP) is 4.02. The Labute approximate surface area is 184 Å². The van der Waals surface area contributed by atoms with Gasteiger partial charge in [-0.05, 0) is 31.0 Å². The standard InChI is InChI=1S/C22H22ClNO5.ClH/c1-11(10-25)21-13(6-7-24-21)19-15(26)8-16(27)20-17(28)9-18(29-22(19)20)12-4-2-3-5-14(12)23;/h2-5,8-9,11,13,21,24-27H,6-7,10H2,1H3;1H. The third-order valence-electron chi connectivity index (χ3n) is 5.68. The molecule has 2 aromatic carbocycles. The van der Waals surface area contributed by atoms with Gasteiger partial charge in [-0.3, -0.25) is 4.79 Å². The Kier molecular flexibility index (Phi) is 6.62. The average Bonchev–Trinajstić information content (AvgIpc) is 3.16. The molecule has 0 bridgehead atoms. The molecule has 0 saturated carbocycles. The zero-order valence-corrected chi connectivity index (χ0v) is 17.8. The molecule has 1 aromatic heterocycles. The summed E-state index contributed by atoms with van der Waals surface area (Å²) >= 11 is 6.28. The SMILES string of the molecule is CC(CO)C1NCCC1c1c(O)cc(O)c2c(=O)cc(-c3ccccc3Cl)oc12.Cl. The fraction of sp³-hybridized carbons (Fsp3) is 0.318. The normalized spacial score (nSPS) is 19.6. The summed E-state index contributed by atoms with van der Waals surface area (Å²) < 4.78 is 6.08. The largest absolute Gasteiger partial charge is 0.507 e. The summed E-state index contributed by atoms with van der Waals surface area (Å²) in [6, 6.07) is 9.37. The zero-order chi connectivity index (χ0) is 20.7. The first-order valence-electron chi connectivity index (χ1n) is 9.54. The van der Waals surface area contributed by atoms with Crippen molar-refractivity contribution in [3.63, 3.8) is 0 Å². The maximum atomic E-state index is 12.9. The fourth-order valence-electron chi connectivity index (χ4n) is 4.24. The molecule has 0 aliphatic carbocycles. The number of hydrogen-bond donors (Lipinski definition) is 4. The maximum absolute atomic E-state index is 12.9. The van der Waals surface area contributed by atoms with Crippen LogP contribution in [0, 0.1) is 5.92 Å². The minimum absolute atomic E-state index is 0. The number of halogens is 2. The van der Waals surface area contributed by atoms with Crippen molar-refractivity contribution in [3.8, 4) is 22.8 Å². The summed E-state index contributed by atoms with van der Waals surface area (Å²) in [5, 5.41) is 34.5.